The Balaban J connectivity index is 2.62. The van der Waals surface area contributed by atoms with Crippen LogP contribution < -0.4 is 0 Å². The molecule has 1 nitrogen and oxygen atoms in total. The van der Waals surface area contributed by atoms with Gasteiger partial charge in [-0.2, -0.15) is 0 Å². The Hall–Kier alpha value is -1.02. The van der Waals surface area contributed by atoms with Gasteiger partial charge >= 0.3 is 0 Å². The summed E-state index contributed by atoms with van der Waals surface area (Å²) in [5.74, 6) is 0. The third-order valence-electron chi connectivity index (χ3n) is 2.41. The van der Waals surface area contributed by atoms with Crippen LogP contribution in [-0.2, 0) is 7.05 Å². The van der Waals surface area contributed by atoms with Crippen molar-refractivity contribution in [3.8, 4) is 11.3 Å². The van der Waals surface area contributed by atoms with Crippen molar-refractivity contribution in [1.29, 1.82) is 0 Å². The number of benzene rings is 1. The Morgan fingerprint density at radius 1 is 1.14 bits per heavy atom. The minimum Gasteiger partial charge on any atom is -0.338 e. The Morgan fingerprint density at radius 2 is 1.79 bits per heavy atom. The van der Waals surface area contributed by atoms with Gasteiger partial charge < -0.3 is 4.57 Å². The molecule has 0 saturated heterocycles. The standard InChI is InChI=1S/C12H12BrN/c1-9-8-11(13)14(2)12(9)10-6-4-3-5-7-10/h3-8H,1-2H3. The average Bonchev–Trinajstić information content (AvgIpc) is 2.43. The molecule has 0 unspecified atom stereocenters. The normalized spacial score (nSPS) is 10.5. The van der Waals surface area contributed by atoms with E-state index in [1.165, 1.54) is 16.8 Å². The van der Waals surface area contributed by atoms with Crippen LogP contribution in [0, 0.1) is 6.92 Å². The fraction of sp³-hybridized carbons (Fsp3) is 0.167. The summed E-state index contributed by atoms with van der Waals surface area (Å²) in [6.07, 6.45) is 0. The van der Waals surface area contributed by atoms with Gasteiger partial charge in [-0.25, -0.2) is 0 Å². The van der Waals surface area contributed by atoms with Crippen LogP contribution in [0.25, 0.3) is 11.3 Å². The van der Waals surface area contributed by atoms with Crippen molar-refractivity contribution in [3.05, 3.63) is 46.6 Å². The maximum atomic E-state index is 3.53. The van der Waals surface area contributed by atoms with Gasteiger partial charge in [-0.15, -0.1) is 0 Å². The molecule has 2 heteroatoms. The lowest BCUT2D eigenvalue weighted by Gasteiger charge is -2.05. The van der Waals surface area contributed by atoms with E-state index in [2.05, 4.69) is 64.8 Å². The second-order valence-electron chi connectivity index (χ2n) is 3.42. The molecule has 0 aliphatic rings. The molecule has 0 spiro atoms. The van der Waals surface area contributed by atoms with Gasteiger partial charge in [0.2, 0.25) is 0 Å². The van der Waals surface area contributed by atoms with E-state index in [0.717, 1.165) is 4.60 Å². The van der Waals surface area contributed by atoms with Crippen LogP contribution in [0.2, 0.25) is 0 Å². The molecular formula is C12H12BrN. The minimum absolute atomic E-state index is 1.12. The van der Waals surface area contributed by atoms with E-state index in [4.69, 9.17) is 0 Å². The van der Waals surface area contributed by atoms with E-state index in [0.29, 0.717) is 0 Å². The first-order valence-electron chi connectivity index (χ1n) is 4.57. The smallest absolute Gasteiger partial charge is 0.0851 e. The van der Waals surface area contributed by atoms with Crippen molar-refractivity contribution < 1.29 is 0 Å². The predicted octanol–water partition coefficient (Wildman–Crippen LogP) is 3.76. The first kappa shape index (κ1) is 9.53. The maximum absolute atomic E-state index is 3.53. The summed E-state index contributed by atoms with van der Waals surface area (Å²) in [4.78, 5) is 0. The largest absolute Gasteiger partial charge is 0.338 e. The number of hydrogen-bond donors (Lipinski definition) is 0. The molecule has 2 aromatic rings. The summed E-state index contributed by atoms with van der Waals surface area (Å²) in [5, 5.41) is 0. The third-order valence-corrected chi connectivity index (χ3v) is 3.17. The van der Waals surface area contributed by atoms with Gasteiger partial charge in [-0.05, 0) is 40.0 Å². The van der Waals surface area contributed by atoms with Gasteiger partial charge in [0.15, 0.2) is 0 Å². The first-order valence-corrected chi connectivity index (χ1v) is 5.36. The van der Waals surface area contributed by atoms with Crippen LogP contribution in [0.1, 0.15) is 5.56 Å². The van der Waals surface area contributed by atoms with Crippen LogP contribution in [0.5, 0.6) is 0 Å². The molecule has 0 radical (unpaired) electrons. The molecule has 0 saturated carbocycles. The summed E-state index contributed by atoms with van der Waals surface area (Å²) in [7, 11) is 2.07. The SMILES string of the molecule is Cc1cc(Br)n(C)c1-c1ccccc1. The van der Waals surface area contributed by atoms with E-state index in [1.54, 1.807) is 0 Å². The Morgan fingerprint density at radius 3 is 2.29 bits per heavy atom. The highest BCUT2D eigenvalue weighted by Crippen LogP contribution is 2.28. The second-order valence-corrected chi connectivity index (χ2v) is 4.24. The molecule has 1 aromatic carbocycles. The van der Waals surface area contributed by atoms with Crippen molar-refractivity contribution in [2.24, 2.45) is 7.05 Å². The molecule has 0 N–H and O–H groups in total. The molecule has 0 aliphatic carbocycles. The number of nitrogens with zero attached hydrogens (tertiary/aromatic N) is 1. The zero-order chi connectivity index (χ0) is 10.1. The molecule has 2 rings (SSSR count). The first-order chi connectivity index (χ1) is 6.70. The average molecular weight is 250 g/mol. The zero-order valence-corrected chi connectivity index (χ0v) is 9.88. The molecule has 0 amide bonds. The molecule has 0 aliphatic heterocycles. The maximum Gasteiger partial charge on any atom is 0.0851 e. The summed E-state index contributed by atoms with van der Waals surface area (Å²) in [6.45, 7) is 2.13. The van der Waals surface area contributed by atoms with E-state index in [9.17, 15) is 0 Å². The highest BCUT2D eigenvalue weighted by atomic mass is 79.9. The summed E-state index contributed by atoms with van der Waals surface area (Å²) in [5.41, 5.74) is 3.83. The van der Waals surface area contributed by atoms with Gasteiger partial charge in [0, 0.05) is 7.05 Å². The summed E-state index contributed by atoms with van der Waals surface area (Å²) >= 11 is 3.53. The van der Waals surface area contributed by atoms with Gasteiger partial charge in [0.25, 0.3) is 0 Å². The van der Waals surface area contributed by atoms with Crippen molar-refractivity contribution in [1.82, 2.24) is 4.57 Å². The van der Waals surface area contributed by atoms with Crippen molar-refractivity contribution in [2.45, 2.75) is 6.92 Å². The van der Waals surface area contributed by atoms with Crippen LogP contribution in [0.4, 0.5) is 0 Å². The Labute approximate surface area is 92.5 Å². The lowest BCUT2D eigenvalue weighted by atomic mass is 10.1. The van der Waals surface area contributed by atoms with Crippen LogP contribution in [-0.4, -0.2) is 4.57 Å². The number of rotatable bonds is 1. The lowest BCUT2D eigenvalue weighted by Crippen LogP contribution is -1.92. The van der Waals surface area contributed by atoms with Crippen molar-refractivity contribution in [2.75, 3.05) is 0 Å². The van der Waals surface area contributed by atoms with Gasteiger partial charge in [-0.1, -0.05) is 30.3 Å². The summed E-state index contributed by atoms with van der Waals surface area (Å²) in [6, 6.07) is 12.6. The van der Waals surface area contributed by atoms with Gasteiger partial charge in [0.1, 0.15) is 0 Å². The van der Waals surface area contributed by atoms with E-state index >= 15 is 0 Å². The molecular weight excluding hydrogens is 238 g/mol. The number of halogens is 1. The quantitative estimate of drug-likeness (QED) is 0.726. The van der Waals surface area contributed by atoms with Crippen LogP contribution >= 0.6 is 15.9 Å². The fourth-order valence-corrected chi connectivity index (χ4v) is 2.25. The fourth-order valence-electron chi connectivity index (χ4n) is 1.73. The van der Waals surface area contributed by atoms with E-state index in [-0.39, 0.29) is 0 Å². The molecule has 0 fully saturated rings. The topological polar surface area (TPSA) is 4.93 Å². The van der Waals surface area contributed by atoms with E-state index < -0.39 is 0 Å². The third kappa shape index (κ3) is 1.50. The van der Waals surface area contributed by atoms with Crippen LogP contribution in [0.3, 0.4) is 0 Å². The molecule has 1 aromatic heterocycles. The zero-order valence-electron chi connectivity index (χ0n) is 8.29. The number of aromatic nitrogens is 1. The van der Waals surface area contributed by atoms with Gasteiger partial charge in [0.05, 0.1) is 10.3 Å². The number of aryl methyl sites for hydroxylation is 1. The highest BCUT2D eigenvalue weighted by Gasteiger charge is 2.08. The number of hydrogen-bond acceptors (Lipinski definition) is 0. The van der Waals surface area contributed by atoms with Gasteiger partial charge in [-0.3, -0.25) is 0 Å². The van der Waals surface area contributed by atoms with Crippen LogP contribution in [0.15, 0.2) is 41.0 Å². The highest BCUT2D eigenvalue weighted by molar-refractivity contribution is 9.10. The second kappa shape index (κ2) is 3.62. The molecule has 14 heavy (non-hydrogen) atoms. The molecule has 1 heterocycles. The molecule has 72 valence electrons. The molecule has 0 atom stereocenters. The predicted molar refractivity (Wildman–Crippen MR) is 63.3 cm³/mol. The summed E-state index contributed by atoms with van der Waals surface area (Å²) < 4.78 is 3.28. The van der Waals surface area contributed by atoms with E-state index in [1.807, 2.05) is 6.07 Å². The Bertz CT molecular complexity index is 443. The Kier molecular flexibility index (Phi) is 2.46. The minimum atomic E-state index is 1.12. The lowest BCUT2D eigenvalue weighted by molar-refractivity contribution is 0.909. The van der Waals surface area contributed by atoms with Crippen molar-refractivity contribution in [3.63, 3.8) is 0 Å². The van der Waals surface area contributed by atoms with Crippen molar-refractivity contribution >= 4 is 15.9 Å². The monoisotopic (exact) mass is 249 g/mol. The molecule has 0 bridgehead atoms.